The lowest BCUT2D eigenvalue weighted by atomic mass is 10.1. The van der Waals surface area contributed by atoms with Crippen LogP contribution in [0, 0.1) is 20.2 Å². The van der Waals surface area contributed by atoms with E-state index < -0.39 is 48.3 Å². The van der Waals surface area contributed by atoms with Crippen molar-refractivity contribution in [3.8, 4) is 5.75 Å². The smallest absolute Gasteiger partial charge is 0.294 e. The molecule has 0 saturated heterocycles. The Balaban J connectivity index is 1.68. The van der Waals surface area contributed by atoms with E-state index in [2.05, 4.69) is 15.0 Å². The van der Waals surface area contributed by atoms with Crippen molar-refractivity contribution in [2.45, 2.75) is 29.4 Å². The van der Waals surface area contributed by atoms with Crippen molar-refractivity contribution >= 4 is 37.3 Å². The number of rotatable bonds is 12. The Morgan fingerprint density at radius 3 is 2.19 bits per heavy atom. The number of ether oxygens (including phenoxy) is 1. The summed E-state index contributed by atoms with van der Waals surface area (Å²) < 4.78 is 56.2. The third kappa shape index (κ3) is 7.29. The summed E-state index contributed by atoms with van der Waals surface area (Å²) in [6.07, 6.45) is 0.183. The van der Waals surface area contributed by atoms with Crippen LogP contribution in [0.5, 0.6) is 5.75 Å². The molecule has 3 rings (SSSR count). The third-order valence-electron chi connectivity index (χ3n) is 4.92. The minimum absolute atomic E-state index is 0.00297. The summed E-state index contributed by atoms with van der Waals surface area (Å²) in [6, 6.07) is 6.32. The quantitative estimate of drug-likeness (QED) is 0.205. The van der Waals surface area contributed by atoms with E-state index in [0.717, 1.165) is 10.4 Å². The minimum Gasteiger partial charge on any atom is -0.494 e. The maximum Gasteiger partial charge on any atom is 0.294 e. The molecule has 1 heterocycles. The van der Waals surface area contributed by atoms with Crippen molar-refractivity contribution in [3.63, 3.8) is 0 Å². The van der Waals surface area contributed by atoms with E-state index in [-0.39, 0.29) is 47.6 Å². The first-order valence-corrected chi connectivity index (χ1v) is 13.5. The average molecular weight is 582 g/mol. The lowest BCUT2D eigenvalue weighted by molar-refractivity contribution is -0.763. The number of primary sulfonamides is 1. The highest BCUT2D eigenvalue weighted by atomic mass is 35.5. The molecular formula is C18H20ClN5O11S2. The molecule has 0 radical (unpaired) electrons. The maximum atomic E-state index is 13.0. The van der Waals surface area contributed by atoms with Gasteiger partial charge in [-0.15, -0.1) is 20.2 Å². The molecule has 0 aromatic heterocycles. The van der Waals surface area contributed by atoms with E-state index in [1.807, 2.05) is 0 Å². The Hall–Kier alpha value is -3.45. The van der Waals surface area contributed by atoms with E-state index in [1.165, 1.54) is 24.3 Å². The molecule has 2 aromatic carbocycles. The third-order valence-corrected chi connectivity index (χ3v) is 8.18. The first-order valence-electron chi connectivity index (χ1n) is 10.2. The van der Waals surface area contributed by atoms with Crippen molar-refractivity contribution in [1.82, 2.24) is 4.31 Å². The van der Waals surface area contributed by atoms with Gasteiger partial charge >= 0.3 is 0 Å². The van der Waals surface area contributed by atoms with Crippen LogP contribution in [0.15, 0.2) is 40.1 Å². The topological polar surface area (TPSA) is 224 Å². The fourth-order valence-electron chi connectivity index (χ4n) is 3.36. The summed E-state index contributed by atoms with van der Waals surface area (Å²) >= 11 is 5.92. The summed E-state index contributed by atoms with van der Waals surface area (Å²) in [7, 11) is -8.36. The SMILES string of the molecule is NS(=O)(=O)c1cc2c(cc1Cl)NCN(CCCOc1cc(CO[N+](=O)[O-])cc(CO[N+](=O)[O-])c1)S2(=O)=O. The number of anilines is 1. The molecule has 19 heteroatoms. The maximum absolute atomic E-state index is 13.0. The lowest BCUT2D eigenvalue weighted by Crippen LogP contribution is -2.40. The first-order chi connectivity index (χ1) is 17.3. The first kappa shape index (κ1) is 28.1. The molecule has 16 nitrogen and oxygen atoms in total. The zero-order chi connectivity index (χ0) is 27.4. The Bertz CT molecular complexity index is 1380. The molecule has 0 bridgehead atoms. The largest absolute Gasteiger partial charge is 0.494 e. The van der Waals surface area contributed by atoms with Crippen LogP contribution in [-0.4, -0.2) is 51.1 Å². The van der Waals surface area contributed by atoms with Gasteiger partial charge in [0.2, 0.25) is 20.0 Å². The molecule has 1 aliphatic rings. The Morgan fingerprint density at radius 1 is 1.05 bits per heavy atom. The van der Waals surface area contributed by atoms with Crippen LogP contribution in [0.25, 0.3) is 0 Å². The van der Waals surface area contributed by atoms with Crippen molar-refractivity contribution < 1.29 is 41.4 Å². The van der Waals surface area contributed by atoms with Crippen molar-refractivity contribution in [2.24, 2.45) is 5.14 Å². The Kier molecular flexibility index (Phi) is 8.59. The predicted molar refractivity (Wildman–Crippen MR) is 125 cm³/mol. The van der Waals surface area contributed by atoms with E-state index in [4.69, 9.17) is 21.5 Å². The average Bonchev–Trinajstić information content (AvgIpc) is 2.79. The van der Waals surface area contributed by atoms with Crippen molar-refractivity contribution in [3.05, 3.63) is 66.7 Å². The van der Waals surface area contributed by atoms with Gasteiger partial charge in [-0.3, -0.25) is 0 Å². The molecule has 2 aromatic rings. The number of nitrogens with zero attached hydrogens (tertiary/aromatic N) is 3. The van der Waals surface area contributed by atoms with Crippen LogP contribution in [0.2, 0.25) is 5.02 Å². The van der Waals surface area contributed by atoms with Crippen LogP contribution in [-0.2, 0) is 42.9 Å². The van der Waals surface area contributed by atoms with Gasteiger partial charge < -0.3 is 19.7 Å². The van der Waals surface area contributed by atoms with Crippen LogP contribution in [0.1, 0.15) is 17.5 Å². The van der Waals surface area contributed by atoms with Gasteiger partial charge in [0.05, 0.1) is 24.0 Å². The number of fused-ring (bicyclic) bond motifs is 1. The molecule has 0 unspecified atom stereocenters. The second kappa shape index (κ2) is 11.3. The van der Waals surface area contributed by atoms with Gasteiger partial charge in [0.25, 0.3) is 10.2 Å². The standard InChI is InChI=1S/C18H20ClN5O11S2/c19-15-7-16-18(8-17(15)36(20,29)30)37(31,32)22(11-21-16)2-1-3-33-14-5-12(9-34-23(25)26)4-13(6-14)10-35-24(27)28/h4-8,21H,1-3,9-11H2,(H2,20,29,30). The fourth-order valence-corrected chi connectivity index (χ4v) is 6.10. The predicted octanol–water partition coefficient (Wildman–Crippen LogP) is 1.25. The molecule has 0 aliphatic carbocycles. The van der Waals surface area contributed by atoms with Gasteiger partial charge in [0.1, 0.15) is 28.8 Å². The summed E-state index contributed by atoms with van der Waals surface area (Å²) in [5.74, 6) is 0.198. The Labute approximate surface area is 215 Å². The fraction of sp³-hybridized carbons (Fsp3) is 0.333. The number of halogens is 1. The van der Waals surface area contributed by atoms with Gasteiger partial charge in [-0.1, -0.05) is 17.7 Å². The molecule has 3 N–H and O–H groups in total. The van der Waals surface area contributed by atoms with E-state index in [1.54, 1.807) is 0 Å². The highest BCUT2D eigenvalue weighted by Crippen LogP contribution is 2.35. The highest BCUT2D eigenvalue weighted by molar-refractivity contribution is 7.90. The monoisotopic (exact) mass is 581 g/mol. The normalized spacial score (nSPS) is 14.8. The molecule has 0 amide bonds. The number of benzene rings is 2. The molecule has 37 heavy (non-hydrogen) atoms. The highest BCUT2D eigenvalue weighted by Gasteiger charge is 2.33. The summed E-state index contributed by atoms with van der Waals surface area (Å²) in [5.41, 5.74) is 0.711. The number of hydrogen-bond acceptors (Lipinski definition) is 12. The van der Waals surface area contributed by atoms with E-state index in [0.29, 0.717) is 11.1 Å². The molecule has 0 spiro atoms. The zero-order valence-corrected chi connectivity index (χ0v) is 21.1. The molecular weight excluding hydrogens is 562 g/mol. The van der Waals surface area contributed by atoms with Crippen molar-refractivity contribution in [1.29, 1.82) is 0 Å². The van der Waals surface area contributed by atoms with Crippen molar-refractivity contribution in [2.75, 3.05) is 25.1 Å². The van der Waals surface area contributed by atoms with Gasteiger partial charge in [-0.05, 0) is 41.8 Å². The van der Waals surface area contributed by atoms with Gasteiger partial charge in [0, 0.05) is 6.54 Å². The zero-order valence-electron chi connectivity index (χ0n) is 18.7. The molecule has 1 aliphatic heterocycles. The number of hydrogen-bond donors (Lipinski definition) is 2. The summed E-state index contributed by atoms with van der Waals surface area (Å²) in [5, 5.41) is 26.7. The molecule has 0 saturated carbocycles. The van der Waals surface area contributed by atoms with E-state index in [9.17, 15) is 37.1 Å². The van der Waals surface area contributed by atoms with Crippen LogP contribution in [0.3, 0.4) is 0 Å². The van der Waals surface area contributed by atoms with Gasteiger partial charge in [-0.2, -0.15) is 4.31 Å². The number of nitrogens with two attached hydrogens (primary N) is 1. The Morgan fingerprint density at radius 2 is 1.65 bits per heavy atom. The minimum atomic E-state index is -4.27. The summed E-state index contributed by atoms with van der Waals surface area (Å²) in [4.78, 5) is 28.7. The van der Waals surface area contributed by atoms with Gasteiger partial charge in [0.15, 0.2) is 0 Å². The van der Waals surface area contributed by atoms with Crippen LogP contribution < -0.4 is 15.2 Å². The second-order valence-electron chi connectivity index (χ2n) is 7.52. The van der Waals surface area contributed by atoms with Crippen LogP contribution in [0.4, 0.5) is 5.69 Å². The second-order valence-corrected chi connectivity index (χ2v) is 11.4. The van der Waals surface area contributed by atoms with Gasteiger partial charge in [-0.25, -0.2) is 22.0 Å². The van der Waals surface area contributed by atoms with Crippen LogP contribution >= 0.6 is 11.6 Å². The number of sulfonamides is 2. The lowest BCUT2D eigenvalue weighted by Gasteiger charge is -2.29. The molecule has 0 atom stereocenters. The summed E-state index contributed by atoms with van der Waals surface area (Å²) in [6.45, 7) is -1.01. The molecule has 202 valence electrons. The molecule has 0 fully saturated rings. The van der Waals surface area contributed by atoms with E-state index >= 15 is 0 Å². The number of nitrogens with one attached hydrogen (secondary N) is 1.